The molecule has 0 aliphatic carbocycles. The molecule has 2 N–H and O–H groups in total. The van der Waals surface area contributed by atoms with Crippen molar-refractivity contribution >= 4 is 10.9 Å². The molecule has 1 aromatic heterocycles. The molecule has 1 atom stereocenters. The smallest absolute Gasteiger partial charge is 0.120 e. The maximum Gasteiger partial charge on any atom is 0.120 e. The molecule has 0 saturated heterocycles. The van der Waals surface area contributed by atoms with Gasteiger partial charge in [-0.15, -0.1) is 0 Å². The van der Waals surface area contributed by atoms with Crippen molar-refractivity contribution in [1.82, 2.24) is 4.57 Å². The van der Waals surface area contributed by atoms with Crippen molar-refractivity contribution in [3.63, 3.8) is 0 Å². The van der Waals surface area contributed by atoms with E-state index >= 15 is 0 Å². The maximum absolute atomic E-state index is 5.92. The second-order valence-corrected chi connectivity index (χ2v) is 4.73. The van der Waals surface area contributed by atoms with Crippen LogP contribution in [0.5, 0.6) is 5.75 Å². The number of aromatic nitrogens is 1. The molecule has 0 radical (unpaired) electrons. The summed E-state index contributed by atoms with van der Waals surface area (Å²) in [5.41, 5.74) is 8.49. The fourth-order valence-electron chi connectivity index (χ4n) is 2.38. The zero-order valence-electron chi connectivity index (χ0n) is 11.4. The third kappa shape index (κ3) is 2.51. The van der Waals surface area contributed by atoms with Crippen molar-refractivity contribution in [1.29, 1.82) is 0 Å². The highest BCUT2D eigenvalue weighted by Gasteiger charge is 2.10. The molecule has 0 saturated carbocycles. The van der Waals surface area contributed by atoms with Crippen LogP contribution in [0, 0.1) is 0 Å². The number of nitrogens with two attached hydrogens (primary N) is 1. The molecule has 2 aromatic rings. The molecule has 1 heterocycles. The van der Waals surface area contributed by atoms with E-state index in [1.54, 1.807) is 0 Å². The molecule has 0 aliphatic rings. The van der Waals surface area contributed by atoms with Crippen LogP contribution >= 0.6 is 0 Å². The van der Waals surface area contributed by atoms with Gasteiger partial charge in [-0.2, -0.15) is 0 Å². The van der Waals surface area contributed by atoms with Gasteiger partial charge in [-0.25, -0.2) is 0 Å². The van der Waals surface area contributed by atoms with Crippen LogP contribution in [-0.2, 0) is 13.0 Å². The van der Waals surface area contributed by atoms with Crippen molar-refractivity contribution in [2.45, 2.75) is 39.8 Å². The Hall–Kier alpha value is -1.48. The van der Waals surface area contributed by atoms with Gasteiger partial charge < -0.3 is 15.0 Å². The molecule has 0 spiro atoms. The van der Waals surface area contributed by atoms with Crippen molar-refractivity contribution in [2.75, 3.05) is 6.61 Å². The van der Waals surface area contributed by atoms with E-state index in [9.17, 15) is 0 Å². The Morgan fingerprint density at radius 2 is 2.11 bits per heavy atom. The molecular formula is C15H22N2O. The Morgan fingerprint density at radius 1 is 1.33 bits per heavy atom. The first-order valence-electron chi connectivity index (χ1n) is 6.65. The standard InChI is InChI=1S/C15H22N2O/c1-4-17-10-12(8-11(3)16)14-9-13(18-5-2)6-7-15(14)17/h6-7,9-11H,4-5,8,16H2,1-3H3/t11-/m1/s1. The number of benzene rings is 1. The minimum atomic E-state index is 0.177. The molecule has 18 heavy (non-hydrogen) atoms. The highest BCUT2D eigenvalue weighted by Crippen LogP contribution is 2.27. The minimum absolute atomic E-state index is 0.177. The summed E-state index contributed by atoms with van der Waals surface area (Å²) in [7, 11) is 0. The van der Waals surface area contributed by atoms with Crippen LogP contribution in [0.2, 0.25) is 0 Å². The van der Waals surface area contributed by atoms with Gasteiger partial charge in [0, 0.05) is 29.7 Å². The first-order valence-corrected chi connectivity index (χ1v) is 6.65. The van der Waals surface area contributed by atoms with Crippen LogP contribution in [0.3, 0.4) is 0 Å². The Balaban J connectivity index is 2.50. The van der Waals surface area contributed by atoms with Gasteiger partial charge in [0.05, 0.1) is 6.61 Å². The van der Waals surface area contributed by atoms with Crippen LogP contribution in [0.1, 0.15) is 26.3 Å². The van der Waals surface area contributed by atoms with Crippen molar-refractivity contribution in [3.05, 3.63) is 30.0 Å². The molecule has 98 valence electrons. The fourth-order valence-corrected chi connectivity index (χ4v) is 2.38. The average molecular weight is 246 g/mol. The monoisotopic (exact) mass is 246 g/mol. The third-order valence-electron chi connectivity index (χ3n) is 3.13. The summed E-state index contributed by atoms with van der Waals surface area (Å²) in [5, 5.41) is 1.26. The molecule has 3 nitrogen and oxygen atoms in total. The quantitative estimate of drug-likeness (QED) is 0.881. The van der Waals surface area contributed by atoms with Crippen LogP contribution in [-0.4, -0.2) is 17.2 Å². The van der Waals surface area contributed by atoms with Gasteiger partial charge in [-0.05, 0) is 51.0 Å². The molecule has 0 amide bonds. The number of fused-ring (bicyclic) bond motifs is 1. The number of nitrogens with zero attached hydrogens (tertiary/aromatic N) is 1. The molecular weight excluding hydrogens is 224 g/mol. The highest BCUT2D eigenvalue weighted by atomic mass is 16.5. The lowest BCUT2D eigenvalue weighted by Crippen LogP contribution is -2.17. The second-order valence-electron chi connectivity index (χ2n) is 4.73. The van der Waals surface area contributed by atoms with Gasteiger partial charge in [-0.1, -0.05) is 0 Å². The van der Waals surface area contributed by atoms with Gasteiger partial charge in [0.25, 0.3) is 0 Å². The average Bonchev–Trinajstić information content (AvgIpc) is 2.67. The summed E-state index contributed by atoms with van der Waals surface area (Å²) >= 11 is 0. The van der Waals surface area contributed by atoms with Crippen LogP contribution in [0.15, 0.2) is 24.4 Å². The summed E-state index contributed by atoms with van der Waals surface area (Å²) in [6.07, 6.45) is 3.11. The number of rotatable bonds is 5. The van der Waals surface area contributed by atoms with Crippen molar-refractivity contribution in [2.24, 2.45) is 5.73 Å². The van der Waals surface area contributed by atoms with Crippen molar-refractivity contribution < 1.29 is 4.74 Å². The topological polar surface area (TPSA) is 40.2 Å². The van der Waals surface area contributed by atoms with Crippen LogP contribution in [0.25, 0.3) is 10.9 Å². The van der Waals surface area contributed by atoms with Gasteiger partial charge in [0.15, 0.2) is 0 Å². The first-order chi connectivity index (χ1) is 8.65. The third-order valence-corrected chi connectivity index (χ3v) is 3.13. The van der Waals surface area contributed by atoms with Crippen LogP contribution < -0.4 is 10.5 Å². The molecule has 0 aliphatic heterocycles. The Morgan fingerprint density at radius 3 is 2.72 bits per heavy atom. The minimum Gasteiger partial charge on any atom is -0.494 e. The molecule has 0 unspecified atom stereocenters. The lowest BCUT2D eigenvalue weighted by molar-refractivity contribution is 0.340. The molecule has 0 bridgehead atoms. The summed E-state index contributed by atoms with van der Waals surface area (Å²) in [5.74, 6) is 0.935. The van der Waals surface area contributed by atoms with E-state index in [1.807, 2.05) is 19.9 Å². The molecule has 2 rings (SSSR count). The summed E-state index contributed by atoms with van der Waals surface area (Å²) in [4.78, 5) is 0. The first kappa shape index (κ1) is 13.0. The van der Waals surface area contributed by atoms with E-state index in [0.717, 1.165) is 18.7 Å². The lowest BCUT2D eigenvalue weighted by atomic mass is 10.1. The number of hydrogen-bond donors (Lipinski definition) is 1. The second kappa shape index (κ2) is 5.44. The molecule has 1 aromatic carbocycles. The Labute approximate surface area is 109 Å². The van der Waals surface area contributed by atoms with Crippen molar-refractivity contribution in [3.8, 4) is 5.75 Å². The number of hydrogen-bond acceptors (Lipinski definition) is 2. The van der Waals surface area contributed by atoms with E-state index in [2.05, 4.69) is 29.8 Å². The highest BCUT2D eigenvalue weighted by molar-refractivity contribution is 5.85. The predicted molar refractivity (Wildman–Crippen MR) is 76.1 cm³/mol. The van der Waals surface area contributed by atoms with E-state index in [1.165, 1.54) is 16.5 Å². The predicted octanol–water partition coefficient (Wildman–Crippen LogP) is 2.95. The van der Waals surface area contributed by atoms with E-state index in [-0.39, 0.29) is 6.04 Å². The van der Waals surface area contributed by atoms with Gasteiger partial charge in [0.1, 0.15) is 5.75 Å². The van der Waals surface area contributed by atoms with Crippen LogP contribution in [0.4, 0.5) is 0 Å². The summed E-state index contributed by atoms with van der Waals surface area (Å²) in [6, 6.07) is 6.47. The van der Waals surface area contributed by atoms with Gasteiger partial charge in [-0.3, -0.25) is 0 Å². The molecule has 0 fully saturated rings. The maximum atomic E-state index is 5.92. The fraction of sp³-hybridized carbons (Fsp3) is 0.467. The zero-order chi connectivity index (χ0) is 13.1. The molecule has 3 heteroatoms. The summed E-state index contributed by atoms with van der Waals surface area (Å²) < 4.78 is 7.84. The Bertz CT molecular complexity index is 529. The van der Waals surface area contributed by atoms with E-state index in [4.69, 9.17) is 10.5 Å². The number of aryl methyl sites for hydroxylation is 1. The SMILES string of the molecule is CCOc1ccc2c(c1)c(C[C@@H](C)N)cn2CC. The van der Waals surface area contributed by atoms with E-state index < -0.39 is 0 Å². The lowest BCUT2D eigenvalue weighted by Gasteiger charge is -2.06. The van der Waals surface area contributed by atoms with Gasteiger partial charge >= 0.3 is 0 Å². The van der Waals surface area contributed by atoms with E-state index in [0.29, 0.717) is 6.61 Å². The number of ether oxygens (including phenoxy) is 1. The summed E-state index contributed by atoms with van der Waals surface area (Å²) in [6.45, 7) is 7.88. The largest absolute Gasteiger partial charge is 0.494 e. The van der Waals surface area contributed by atoms with Gasteiger partial charge in [0.2, 0.25) is 0 Å². The normalized spacial score (nSPS) is 12.9. The zero-order valence-corrected chi connectivity index (χ0v) is 11.4. The Kier molecular flexibility index (Phi) is 3.92.